The van der Waals surface area contributed by atoms with Gasteiger partial charge in [-0.2, -0.15) is 13.2 Å². The molecule has 31 heavy (non-hydrogen) atoms. The van der Waals surface area contributed by atoms with Gasteiger partial charge in [-0.15, -0.1) is 0 Å². The van der Waals surface area contributed by atoms with Crippen LogP contribution < -0.4 is 16.0 Å². The van der Waals surface area contributed by atoms with Crippen LogP contribution >= 0.6 is 0 Å². The largest absolute Gasteiger partial charge is 0.459 e. The van der Waals surface area contributed by atoms with E-state index >= 15 is 0 Å². The van der Waals surface area contributed by atoms with E-state index in [1.165, 1.54) is 12.3 Å². The first-order valence-corrected chi connectivity index (χ1v) is 9.03. The lowest BCUT2D eigenvalue weighted by atomic mass is 10.1. The molecule has 6 nitrogen and oxygen atoms in total. The van der Waals surface area contributed by atoms with Crippen molar-refractivity contribution in [3.05, 3.63) is 89.1 Å². The molecule has 0 saturated carbocycles. The molecule has 0 radical (unpaired) electrons. The third-order valence-electron chi connectivity index (χ3n) is 4.23. The number of benzene rings is 2. The number of carbonyl (C=O) groups excluding carboxylic acids is 2. The highest BCUT2D eigenvalue weighted by Gasteiger charge is 2.33. The first-order chi connectivity index (χ1) is 14.7. The number of rotatable bonds is 6. The van der Waals surface area contributed by atoms with Crippen LogP contribution in [0.3, 0.4) is 0 Å². The molecule has 3 amide bonds. The number of amides is 3. The quantitative estimate of drug-likeness (QED) is 0.492. The average Bonchev–Trinajstić information content (AvgIpc) is 3.27. The highest BCUT2D eigenvalue weighted by atomic mass is 19.4. The Bertz CT molecular complexity index is 1050. The molecule has 162 valence electrons. The molecule has 1 heterocycles. The number of halogens is 4. The van der Waals surface area contributed by atoms with Gasteiger partial charge >= 0.3 is 12.2 Å². The summed E-state index contributed by atoms with van der Waals surface area (Å²) in [6.45, 7) is -0.313. The summed E-state index contributed by atoms with van der Waals surface area (Å²) < 4.78 is 57.1. The summed E-state index contributed by atoms with van der Waals surface area (Å²) in [4.78, 5) is 23.8. The molecule has 10 heteroatoms. The van der Waals surface area contributed by atoms with Gasteiger partial charge in [0.15, 0.2) is 5.76 Å². The second-order valence-corrected chi connectivity index (χ2v) is 6.46. The van der Waals surface area contributed by atoms with Crippen LogP contribution in [0.15, 0.2) is 65.3 Å². The zero-order valence-corrected chi connectivity index (χ0v) is 15.9. The van der Waals surface area contributed by atoms with E-state index in [4.69, 9.17) is 4.42 Å². The molecular weight excluding hydrogens is 418 g/mol. The Kier molecular flexibility index (Phi) is 6.58. The fourth-order valence-corrected chi connectivity index (χ4v) is 2.69. The van der Waals surface area contributed by atoms with E-state index in [0.29, 0.717) is 17.3 Å². The molecule has 0 unspecified atom stereocenters. The predicted molar refractivity (Wildman–Crippen MR) is 104 cm³/mol. The van der Waals surface area contributed by atoms with E-state index in [-0.39, 0.29) is 17.9 Å². The second kappa shape index (κ2) is 9.33. The SMILES string of the molecule is O=C(NCc1ccc(NC(=O)c2ccco2)cc1)NCc1ccc(F)cc1C(F)(F)F. The average molecular weight is 435 g/mol. The minimum atomic E-state index is -4.73. The topological polar surface area (TPSA) is 83.4 Å². The molecule has 0 saturated heterocycles. The number of anilines is 1. The summed E-state index contributed by atoms with van der Waals surface area (Å²) in [5, 5.41) is 7.47. The monoisotopic (exact) mass is 435 g/mol. The predicted octanol–water partition coefficient (Wildman–Crippen LogP) is 4.69. The van der Waals surface area contributed by atoms with Crippen molar-refractivity contribution in [2.24, 2.45) is 0 Å². The van der Waals surface area contributed by atoms with E-state index in [9.17, 15) is 27.2 Å². The van der Waals surface area contributed by atoms with Crippen LogP contribution in [-0.2, 0) is 19.3 Å². The molecule has 3 aromatic rings. The molecule has 0 aliphatic carbocycles. The van der Waals surface area contributed by atoms with Crippen LogP contribution in [-0.4, -0.2) is 11.9 Å². The second-order valence-electron chi connectivity index (χ2n) is 6.46. The Hall–Kier alpha value is -3.82. The lowest BCUT2D eigenvalue weighted by Crippen LogP contribution is -2.35. The number of furan rings is 1. The third kappa shape index (κ3) is 6.08. The van der Waals surface area contributed by atoms with Gasteiger partial charge in [0.25, 0.3) is 5.91 Å². The molecule has 0 bridgehead atoms. The van der Waals surface area contributed by atoms with Gasteiger partial charge in [0.05, 0.1) is 11.8 Å². The molecule has 0 aliphatic rings. The van der Waals surface area contributed by atoms with E-state index < -0.39 is 36.0 Å². The zero-order chi connectivity index (χ0) is 22.4. The lowest BCUT2D eigenvalue weighted by Gasteiger charge is -2.14. The molecule has 0 aliphatic heterocycles. The number of hydrogen-bond acceptors (Lipinski definition) is 3. The van der Waals surface area contributed by atoms with Crippen LogP contribution in [0.4, 0.5) is 28.0 Å². The number of carbonyl (C=O) groups is 2. The van der Waals surface area contributed by atoms with Crippen molar-refractivity contribution in [1.29, 1.82) is 0 Å². The summed E-state index contributed by atoms with van der Waals surface area (Å²) in [6, 6.07) is 11.3. The Morgan fingerprint density at radius 2 is 1.65 bits per heavy atom. The van der Waals surface area contributed by atoms with E-state index in [0.717, 1.165) is 12.1 Å². The number of nitrogens with one attached hydrogen (secondary N) is 3. The van der Waals surface area contributed by atoms with Gasteiger partial charge in [-0.3, -0.25) is 4.79 Å². The fourth-order valence-electron chi connectivity index (χ4n) is 2.69. The molecular formula is C21H17F4N3O3. The van der Waals surface area contributed by atoms with Crippen molar-refractivity contribution in [2.75, 3.05) is 5.32 Å². The van der Waals surface area contributed by atoms with Crippen LogP contribution in [0, 0.1) is 5.82 Å². The molecule has 0 fully saturated rings. The van der Waals surface area contributed by atoms with Crippen LogP contribution in [0.5, 0.6) is 0 Å². The summed E-state index contributed by atoms with van der Waals surface area (Å²) in [5.41, 5.74) is -0.171. The van der Waals surface area contributed by atoms with Crippen molar-refractivity contribution < 1.29 is 31.6 Å². The standard InChI is InChI=1S/C21H17F4N3O3/c22-15-6-5-14(17(10-15)21(23,24)25)12-27-20(30)26-11-13-3-7-16(8-4-13)28-19(29)18-2-1-9-31-18/h1-10H,11-12H2,(H,28,29)(H2,26,27,30). The molecule has 3 rings (SSSR count). The summed E-state index contributed by atoms with van der Waals surface area (Å²) in [7, 11) is 0. The minimum Gasteiger partial charge on any atom is -0.459 e. The first kappa shape index (κ1) is 21.9. The molecule has 2 aromatic carbocycles. The Labute approximate surface area is 174 Å². The normalized spacial score (nSPS) is 11.1. The molecule has 0 atom stereocenters. The van der Waals surface area contributed by atoms with Gasteiger partial charge < -0.3 is 20.4 Å². The lowest BCUT2D eigenvalue weighted by molar-refractivity contribution is -0.138. The zero-order valence-electron chi connectivity index (χ0n) is 15.9. The molecule has 3 N–H and O–H groups in total. The van der Waals surface area contributed by atoms with Gasteiger partial charge in [0, 0.05) is 18.8 Å². The van der Waals surface area contributed by atoms with Gasteiger partial charge in [0.2, 0.25) is 0 Å². The van der Waals surface area contributed by atoms with Gasteiger partial charge in [-0.1, -0.05) is 18.2 Å². The minimum absolute atomic E-state index is 0.105. The van der Waals surface area contributed by atoms with Gasteiger partial charge in [-0.05, 0) is 47.5 Å². The smallest absolute Gasteiger partial charge is 0.416 e. The van der Waals surface area contributed by atoms with Crippen molar-refractivity contribution in [3.8, 4) is 0 Å². The van der Waals surface area contributed by atoms with Gasteiger partial charge in [0.1, 0.15) is 5.82 Å². The first-order valence-electron chi connectivity index (χ1n) is 9.03. The van der Waals surface area contributed by atoms with E-state index in [2.05, 4.69) is 16.0 Å². The summed E-state index contributed by atoms with van der Waals surface area (Å²) >= 11 is 0. The Balaban J connectivity index is 1.49. The van der Waals surface area contributed by atoms with Crippen molar-refractivity contribution in [1.82, 2.24) is 10.6 Å². The number of hydrogen-bond donors (Lipinski definition) is 3. The molecule has 1 aromatic heterocycles. The van der Waals surface area contributed by atoms with Crippen LogP contribution in [0.2, 0.25) is 0 Å². The maximum absolute atomic E-state index is 13.1. The fraction of sp³-hybridized carbons (Fsp3) is 0.143. The van der Waals surface area contributed by atoms with Crippen molar-refractivity contribution in [2.45, 2.75) is 19.3 Å². The maximum atomic E-state index is 13.1. The van der Waals surface area contributed by atoms with E-state index in [1.54, 1.807) is 30.3 Å². The number of urea groups is 1. The highest BCUT2D eigenvalue weighted by Crippen LogP contribution is 2.32. The Morgan fingerprint density at radius 3 is 2.29 bits per heavy atom. The maximum Gasteiger partial charge on any atom is 0.416 e. The molecule has 0 spiro atoms. The third-order valence-corrected chi connectivity index (χ3v) is 4.23. The highest BCUT2D eigenvalue weighted by molar-refractivity contribution is 6.02. The Morgan fingerprint density at radius 1 is 0.935 bits per heavy atom. The summed E-state index contributed by atoms with van der Waals surface area (Å²) in [5.74, 6) is -1.25. The summed E-state index contributed by atoms with van der Waals surface area (Å²) in [6.07, 6.45) is -3.35. The van der Waals surface area contributed by atoms with Crippen LogP contribution in [0.1, 0.15) is 27.2 Å². The van der Waals surface area contributed by atoms with Gasteiger partial charge in [-0.25, -0.2) is 9.18 Å². The number of alkyl halides is 3. The van der Waals surface area contributed by atoms with Crippen LogP contribution in [0.25, 0.3) is 0 Å². The van der Waals surface area contributed by atoms with Crippen molar-refractivity contribution >= 4 is 17.6 Å². The van der Waals surface area contributed by atoms with E-state index in [1.807, 2.05) is 0 Å². The van der Waals surface area contributed by atoms with Crippen molar-refractivity contribution in [3.63, 3.8) is 0 Å².